The summed E-state index contributed by atoms with van der Waals surface area (Å²) in [6.45, 7) is 0.616. The standard InChI is InChI=1S/C7H17N5O/c1-10-12-6(5-13)3-2-4-11-7(8)9/h5-6,10,12H,2-4H2,1H3,(H4,8,9,11)/t6-/m0/s1. The molecule has 0 radical (unpaired) electrons. The van der Waals surface area contributed by atoms with Gasteiger partial charge in [0.1, 0.15) is 6.29 Å². The Morgan fingerprint density at radius 2 is 2.38 bits per heavy atom. The molecule has 0 saturated heterocycles. The molecule has 0 heterocycles. The lowest BCUT2D eigenvalue weighted by molar-refractivity contribution is -0.109. The molecule has 6 N–H and O–H groups in total. The molecule has 0 spiro atoms. The average molecular weight is 187 g/mol. The van der Waals surface area contributed by atoms with Crippen LogP contribution in [-0.2, 0) is 4.79 Å². The first-order chi connectivity index (χ1) is 6.20. The van der Waals surface area contributed by atoms with Crippen LogP contribution in [0.15, 0.2) is 0 Å². The first-order valence-corrected chi connectivity index (χ1v) is 4.16. The third-order valence-electron chi connectivity index (χ3n) is 1.50. The van der Waals surface area contributed by atoms with Crippen LogP contribution >= 0.6 is 0 Å². The van der Waals surface area contributed by atoms with Crippen LogP contribution in [0.25, 0.3) is 0 Å². The highest BCUT2D eigenvalue weighted by Gasteiger charge is 2.03. The summed E-state index contributed by atoms with van der Waals surface area (Å²) < 4.78 is 0. The van der Waals surface area contributed by atoms with E-state index in [-0.39, 0.29) is 12.0 Å². The maximum atomic E-state index is 10.4. The zero-order chi connectivity index (χ0) is 10.1. The second kappa shape index (κ2) is 7.51. The molecule has 0 rings (SSSR count). The van der Waals surface area contributed by atoms with Crippen molar-refractivity contribution in [3.05, 3.63) is 0 Å². The van der Waals surface area contributed by atoms with Gasteiger partial charge in [0, 0.05) is 6.54 Å². The number of guanidine groups is 1. The van der Waals surface area contributed by atoms with Crippen molar-refractivity contribution in [1.82, 2.24) is 16.2 Å². The highest BCUT2D eigenvalue weighted by atomic mass is 16.1. The van der Waals surface area contributed by atoms with Crippen molar-refractivity contribution in [2.45, 2.75) is 18.9 Å². The Labute approximate surface area is 77.7 Å². The fourth-order valence-corrected chi connectivity index (χ4v) is 0.905. The normalized spacial score (nSPS) is 12.1. The van der Waals surface area contributed by atoms with E-state index in [2.05, 4.69) is 16.2 Å². The molecular weight excluding hydrogens is 170 g/mol. The SMILES string of the molecule is CNN[C@H](C=O)CCCNC(=N)N. The Bertz CT molecular complexity index is 161. The second-order valence-electron chi connectivity index (χ2n) is 2.62. The van der Waals surface area contributed by atoms with Crippen molar-refractivity contribution in [2.75, 3.05) is 13.6 Å². The molecule has 6 nitrogen and oxygen atoms in total. The zero-order valence-electron chi connectivity index (χ0n) is 7.76. The fourth-order valence-electron chi connectivity index (χ4n) is 0.905. The smallest absolute Gasteiger partial charge is 0.185 e. The lowest BCUT2D eigenvalue weighted by Crippen LogP contribution is -2.40. The molecule has 13 heavy (non-hydrogen) atoms. The van der Waals surface area contributed by atoms with E-state index < -0.39 is 0 Å². The number of hydrogen-bond donors (Lipinski definition) is 5. The Morgan fingerprint density at radius 1 is 1.69 bits per heavy atom. The van der Waals surface area contributed by atoms with Gasteiger partial charge < -0.3 is 15.8 Å². The van der Waals surface area contributed by atoms with E-state index in [4.69, 9.17) is 11.1 Å². The van der Waals surface area contributed by atoms with Gasteiger partial charge in [-0.3, -0.25) is 10.8 Å². The molecule has 0 aliphatic heterocycles. The Balaban J connectivity index is 3.37. The molecule has 6 heteroatoms. The van der Waals surface area contributed by atoms with Crippen molar-refractivity contribution in [1.29, 1.82) is 5.41 Å². The van der Waals surface area contributed by atoms with E-state index in [9.17, 15) is 4.79 Å². The summed E-state index contributed by atoms with van der Waals surface area (Å²) >= 11 is 0. The van der Waals surface area contributed by atoms with E-state index in [1.807, 2.05) is 0 Å². The van der Waals surface area contributed by atoms with Gasteiger partial charge in [0.2, 0.25) is 0 Å². The zero-order valence-corrected chi connectivity index (χ0v) is 7.76. The van der Waals surface area contributed by atoms with E-state index in [1.165, 1.54) is 0 Å². The van der Waals surface area contributed by atoms with Crippen molar-refractivity contribution in [3.63, 3.8) is 0 Å². The number of nitrogens with one attached hydrogen (secondary N) is 4. The van der Waals surface area contributed by atoms with Crippen molar-refractivity contribution in [2.24, 2.45) is 5.73 Å². The number of aldehydes is 1. The van der Waals surface area contributed by atoms with Gasteiger partial charge >= 0.3 is 0 Å². The van der Waals surface area contributed by atoms with Crippen LogP contribution in [0, 0.1) is 5.41 Å². The minimum absolute atomic E-state index is 0.0378. The highest BCUT2D eigenvalue weighted by Crippen LogP contribution is 1.91. The number of rotatable bonds is 7. The van der Waals surface area contributed by atoms with Crippen LogP contribution in [0.1, 0.15) is 12.8 Å². The predicted octanol–water partition coefficient (Wildman–Crippen LogP) is -1.46. The average Bonchev–Trinajstić information content (AvgIpc) is 2.10. The maximum absolute atomic E-state index is 10.4. The Morgan fingerprint density at radius 3 is 2.85 bits per heavy atom. The van der Waals surface area contributed by atoms with E-state index in [0.717, 1.165) is 12.7 Å². The van der Waals surface area contributed by atoms with Crippen LogP contribution < -0.4 is 21.9 Å². The number of carbonyl (C=O) groups excluding carboxylic acids is 1. The molecule has 0 aliphatic carbocycles. The fraction of sp³-hybridized carbons (Fsp3) is 0.714. The molecule has 0 fully saturated rings. The summed E-state index contributed by atoms with van der Waals surface area (Å²) in [5.74, 6) is -0.0378. The highest BCUT2D eigenvalue weighted by molar-refractivity contribution is 5.74. The van der Waals surface area contributed by atoms with E-state index in [0.29, 0.717) is 13.0 Å². The summed E-state index contributed by atoms with van der Waals surface area (Å²) in [7, 11) is 1.71. The van der Waals surface area contributed by atoms with Crippen molar-refractivity contribution < 1.29 is 4.79 Å². The lowest BCUT2D eigenvalue weighted by atomic mass is 10.2. The minimum atomic E-state index is -0.182. The third-order valence-corrected chi connectivity index (χ3v) is 1.50. The molecule has 0 aliphatic rings. The van der Waals surface area contributed by atoms with Gasteiger partial charge in [-0.25, -0.2) is 5.43 Å². The van der Waals surface area contributed by atoms with Gasteiger partial charge in [-0.15, -0.1) is 0 Å². The molecule has 0 aromatic rings. The Hall–Kier alpha value is -1.14. The predicted molar refractivity (Wildman–Crippen MR) is 51.2 cm³/mol. The monoisotopic (exact) mass is 187 g/mol. The van der Waals surface area contributed by atoms with Crippen LogP contribution in [0.4, 0.5) is 0 Å². The summed E-state index contributed by atoms with van der Waals surface area (Å²) in [5.41, 5.74) is 10.6. The van der Waals surface area contributed by atoms with Crippen molar-refractivity contribution >= 4 is 12.2 Å². The van der Waals surface area contributed by atoms with Gasteiger partial charge in [0.05, 0.1) is 6.04 Å². The summed E-state index contributed by atoms with van der Waals surface area (Å²) in [6, 6.07) is -0.182. The van der Waals surface area contributed by atoms with Gasteiger partial charge in [0.15, 0.2) is 5.96 Å². The number of nitrogens with two attached hydrogens (primary N) is 1. The number of hydrazine groups is 1. The molecule has 0 unspecified atom stereocenters. The van der Waals surface area contributed by atoms with Crippen molar-refractivity contribution in [3.8, 4) is 0 Å². The van der Waals surface area contributed by atoms with Gasteiger partial charge in [-0.2, -0.15) is 0 Å². The minimum Gasteiger partial charge on any atom is -0.370 e. The van der Waals surface area contributed by atoms with Gasteiger partial charge in [-0.1, -0.05) is 0 Å². The van der Waals surface area contributed by atoms with Gasteiger partial charge in [0.25, 0.3) is 0 Å². The molecule has 0 amide bonds. The van der Waals surface area contributed by atoms with Crippen LogP contribution in [0.3, 0.4) is 0 Å². The molecule has 76 valence electrons. The van der Waals surface area contributed by atoms with Crippen LogP contribution in [-0.4, -0.2) is 31.9 Å². The summed E-state index contributed by atoms with van der Waals surface area (Å²) in [4.78, 5) is 10.4. The Kier molecular flexibility index (Phi) is 6.85. The summed E-state index contributed by atoms with van der Waals surface area (Å²) in [5, 5.41) is 9.54. The topological polar surface area (TPSA) is 103 Å². The lowest BCUT2D eigenvalue weighted by Gasteiger charge is -2.11. The van der Waals surface area contributed by atoms with E-state index in [1.54, 1.807) is 7.05 Å². The maximum Gasteiger partial charge on any atom is 0.185 e. The first-order valence-electron chi connectivity index (χ1n) is 4.16. The second-order valence-corrected chi connectivity index (χ2v) is 2.62. The van der Waals surface area contributed by atoms with Crippen LogP contribution in [0.2, 0.25) is 0 Å². The number of hydrogen-bond acceptors (Lipinski definition) is 4. The number of carbonyl (C=O) groups is 1. The summed E-state index contributed by atoms with van der Waals surface area (Å²) in [6.07, 6.45) is 2.35. The van der Waals surface area contributed by atoms with E-state index >= 15 is 0 Å². The largest absolute Gasteiger partial charge is 0.370 e. The quantitative estimate of drug-likeness (QED) is 0.110. The molecule has 0 bridgehead atoms. The molecular formula is C7H17N5O. The van der Waals surface area contributed by atoms with Gasteiger partial charge in [-0.05, 0) is 19.9 Å². The first kappa shape index (κ1) is 11.9. The molecule has 1 atom stereocenters. The van der Waals surface area contributed by atoms with Crippen LogP contribution in [0.5, 0.6) is 0 Å². The molecule has 0 saturated carbocycles. The molecule has 0 aromatic heterocycles. The third kappa shape index (κ3) is 7.23. The molecule has 0 aromatic carbocycles.